The summed E-state index contributed by atoms with van der Waals surface area (Å²) in [5, 5.41) is 0. The molecule has 0 fully saturated rings. The lowest BCUT2D eigenvalue weighted by Crippen LogP contribution is -1.93. The average Bonchev–Trinajstić information content (AvgIpc) is 2.90. The Balaban J connectivity index is 0.000000586. The molecule has 5 aromatic rings. The summed E-state index contributed by atoms with van der Waals surface area (Å²) in [6, 6.07) is 44.0. The maximum absolute atomic E-state index is 8.88. The molecule has 3 N–H and O–H groups in total. The maximum atomic E-state index is 8.88. The molecule has 0 atom stereocenters. The minimum Gasteiger partial charge on any atom is -0.456 e. The molecule has 0 unspecified atom stereocenters. The summed E-state index contributed by atoms with van der Waals surface area (Å²) in [6.07, 6.45) is 0. The molecule has 186 valence electrons. The molecule has 0 saturated heterocycles. The number of benzene rings is 5. The lowest BCUT2D eigenvalue weighted by molar-refractivity contribution is 0.275. The molecule has 0 aliphatic rings. The first-order chi connectivity index (χ1) is 17.8. The predicted octanol–water partition coefficient (Wildman–Crippen LogP) is 7.86. The van der Waals surface area contributed by atoms with Gasteiger partial charge < -0.3 is 19.4 Å². The Morgan fingerprint density at radius 1 is 0.514 bits per heavy atom. The molecule has 0 bridgehead atoms. The van der Waals surface area contributed by atoms with Crippen molar-refractivity contribution in [1.29, 1.82) is 0 Å². The summed E-state index contributed by atoms with van der Waals surface area (Å²) >= 11 is 0. The van der Waals surface area contributed by atoms with Crippen molar-refractivity contribution in [1.82, 2.24) is 0 Å². The zero-order chi connectivity index (χ0) is 26.3. The summed E-state index contributed by atoms with van der Waals surface area (Å²) in [7, 11) is -4.64. The van der Waals surface area contributed by atoms with Crippen LogP contribution in [-0.2, 0) is 4.57 Å². The summed E-state index contributed by atoms with van der Waals surface area (Å²) in [5.41, 5.74) is 8.06. The maximum Gasteiger partial charge on any atom is 0.466 e. The van der Waals surface area contributed by atoms with Crippen molar-refractivity contribution >= 4 is 7.82 Å². The molecule has 0 aromatic heterocycles. The second-order valence-corrected chi connectivity index (χ2v) is 9.42. The first-order valence-electron chi connectivity index (χ1n) is 11.7. The molecular formula is C31H27O5P. The molecule has 0 spiro atoms. The summed E-state index contributed by atoms with van der Waals surface area (Å²) in [5.74, 6) is 1.70. The lowest BCUT2D eigenvalue weighted by atomic mass is 9.93. The summed E-state index contributed by atoms with van der Waals surface area (Å²) in [4.78, 5) is 21.6. The van der Waals surface area contributed by atoms with Gasteiger partial charge in [-0.1, -0.05) is 115 Å². The second-order valence-electron chi connectivity index (χ2n) is 8.39. The van der Waals surface area contributed by atoms with Crippen LogP contribution in [0.2, 0.25) is 0 Å². The highest BCUT2D eigenvalue weighted by Gasteiger charge is 2.15. The molecule has 0 saturated carbocycles. The van der Waals surface area contributed by atoms with Crippen LogP contribution in [0.3, 0.4) is 0 Å². The largest absolute Gasteiger partial charge is 0.466 e. The minimum atomic E-state index is -4.64. The van der Waals surface area contributed by atoms with Crippen LogP contribution in [0.25, 0.3) is 33.4 Å². The molecule has 5 aromatic carbocycles. The molecule has 37 heavy (non-hydrogen) atoms. The van der Waals surface area contributed by atoms with Gasteiger partial charge >= 0.3 is 7.82 Å². The van der Waals surface area contributed by atoms with Crippen LogP contribution in [-0.4, -0.2) is 14.7 Å². The van der Waals surface area contributed by atoms with E-state index in [1.165, 1.54) is 16.7 Å². The van der Waals surface area contributed by atoms with Gasteiger partial charge in [-0.3, -0.25) is 0 Å². The zero-order valence-electron chi connectivity index (χ0n) is 20.2. The van der Waals surface area contributed by atoms with Crippen molar-refractivity contribution < 1.29 is 24.0 Å². The number of ether oxygens (including phenoxy) is 1. The van der Waals surface area contributed by atoms with Gasteiger partial charge in [-0.05, 0) is 47.4 Å². The van der Waals surface area contributed by atoms with E-state index in [2.05, 4.69) is 110 Å². The zero-order valence-corrected chi connectivity index (χ0v) is 21.1. The van der Waals surface area contributed by atoms with Gasteiger partial charge in [0.1, 0.15) is 11.5 Å². The van der Waals surface area contributed by atoms with E-state index in [9.17, 15) is 0 Å². The second kappa shape index (κ2) is 11.8. The molecule has 5 rings (SSSR count). The molecule has 0 heterocycles. The van der Waals surface area contributed by atoms with E-state index in [0.717, 1.165) is 33.8 Å². The Morgan fingerprint density at radius 3 is 1.54 bits per heavy atom. The predicted molar refractivity (Wildman–Crippen MR) is 148 cm³/mol. The minimum absolute atomic E-state index is 0.848. The van der Waals surface area contributed by atoms with E-state index in [-0.39, 0.29) is 0 Å². The lowest BCUT2D eigenvalue weighted by Gasteiger charge is -2.17. The summed E-state index contributed by atoms with van der Waals surface area (Å²) < 4.78 is 15.5. The molecule has 0 radical (unpaired) electrons. The average molecular weight is 511 g/mol. The summed E-state index contributed by atoms with van der Waals surface area (Å²) in [6.45, 7) is 2.12. The molecule has 0 amide bonds. The van der Waals surface area contributed by atoms with Crippen molar-refractivity contribution in [3.8, 4) is 44.9 Å². The normalized spacial score (nSPS) is 10.8. The number of hydrogen-bond donors (Lipinski definition) is 3. The highest BCUT2D eigenvalue weighted by molar-refractivity contribution is 7.45. The monoisotopic (exact) mass is 510 g/mol. The van der Waals surface area contributed by atoms with Crippen LogP contribution in [0, 0.1) is 6.92 Å². The smallest absolute Gasteiger partial charge is 0.456 e. The van der Waals surface area contributed by atoms with Crippen LogP contribution in [0.15, 0.2) is 127 Å². The van der Waals surface area contributed by atoms with Crippen molar-refractivity contribution in [3.05, 3.63) is 133 Å². The SMILES string of the molecule is Cc1ccc(Oc2ccccc2-c2ccccc2)c(-c2ccccc2-c2ccccc2)c1.O=P(O)(O)O. The standard InChI is InChI=1S/C31H24O.H3O4P/c1-23-20-21-31(32-30-19-11-10-17-27(30)25-14-6-3-7-15-25)29(22-23)28-18-9-8-16-26(28)24-12-4-2-5-13-24;1-5(2,3)4/h2-22H,1H3;(H3,1,2,3,4). The fraction of sp³-hybridized carbons (Fsp3) is 0.0323. The van der Waals surface area contributed by atoms with Gasteiger partial charge in [0.25, 0.3) is 0 Å². The Bertz CT molecular complexity index is 1500. The Morgan fingerprint density at radius 2 is 0.946 bits per heavy atom. The van der Waals surface area contributed by atoms with Gasteiger partial charge in [-0.2, -0.15) is 0 Å². The molecule has 0 aliphatic carbocycles. The highest BCUT2D eigenvalue weighted by Crippen LogP contribution is 2.41. The van der Waals surface area contributed by atoms with Crippen molar-refractivity contribution in [3.63, 3.8) is 0 Å². The van der Waals surface area contributed by atoms with E-state index in [1.807, 2.05) is 24.3 Å². The van der Waals surface area contributed by atoms with Crippen LogP contribution in [0.4, 0.5) is 0 Å². The van der Waals surface area contributed by atoms with Crippen LogP contribution in [0.1, 0.15) is 5.56 Å². The van der Waals surface area contributed by atoms with Gasteiger partial charge in [0, 0.05) is 11.1 Å². The van der Waals surface area contributed by atoms with Crippen molar-refractivity contribution in [2.75, 3.05) is 0 Å². The quantitative estimate of drug-likeness (QED) is 0.210. The number of hydrogen-bond acceptors (Lipinski definition) is 2. The first kappa shape index (κ1) is 26.1. The molecular weight excluding hydrogens is 483 g/mol. The number of para-hydroxylation sites is 1. The third kappa shape index (κ3) is 7.26. The third-order valence-electron chi connectivity index (χ3n) is 5.63. The number of aryl methyl sites for hydroxylation is 1. The number of rotatable bonds is 5. The topological polar surface area (TPSA) is 87.0 Å². The van der Waals surface area contributed by atoms with Gasteiger partial charge in [-0.25, -0.2) is 4.57 Å². The van der Waals surface area contributed by atoms with E-state index in [4.69, 9.17) is 24.0 Å². The number of phosphoric acid groups is 1. The van der Waals surface area contributed by atoms with E-state index in [1.54, 1.807) is 0 Å². The Hall–Kier alpha value is -3.99. The van der Waals surface area contributed by atoms with Gasteiger partial charge in [-0.15, -0.1) is 0 Å². The molecule has 0 aliphatic heterocycles. The van der Waals surface area contributed by atoms with Crippen LogP contribution < -0.4 is 4.74 Å². The van der Waals surface area contributed by atoms with E-state index < -0.39 is 7.82 Å². The van der Waals surface area contributed by atoms with Gasteiger partial charge in [0.15, 0.2) is 0 Å². The Kier molecular flexibility index (Phi) is 8.34. The molecule has 6 heteroatoms. The van der Waals surface area contributed by atoms with E-state index >= 15 is 0 Å². The third-order valence-corrected chi connectivity index (χ3v) is 5.63. The van der Waals surface area contributed by atoms with Crippen molar-refractivity contribution in [2.24, 2.45) is 0 Å². The van der Waals surface area contributed by atoms with Crippen LogP contribution >= 0.6 is 7.82 Å². The van der Waals surface area contributed by atoms with Gasteiger partial charge in [0.2, 0.25) is 0 Å². The fourth-order valence-electron chi connectivity index (χ4n) is 4.06. The van der Waals surface area contributed by atoms with Crippen LogP contribution in [0.5, 0.6) is 11.5 Å². The van der Waals surface area contributed by atoms with Gasteiger partial charge in [0.05, 0.1) is 0 Å². The Labute approximate surface area is 216 Å². The first-order valence-corrected chi connectivity index (χ1v) is 13.2. The molecule has 5 nitrogen and oxygen atoms in total. The fourth-order valence-corrected chi connectivity index (χ4v) is 4.06. The van der Waals surface area contributed by atoms with Crippen molar-refractivity contribution in [2.45, 2.75) is 6.92 Å². The highest BCUT2D eigenvalue weighted by atomic mass is 31.2. The van der Waals surface area contributed by atoms with E-state index in [0.29, 0.717) is 0 Å².